The number of carbonyl (C=O) groups excluding carboxylic acids is 1. The summed E-state index contributed by atoms with van der Waals surface area (Å²) in [5.74, 6) is 0.0255. The maximum Gasteiger partial charge on any atom is 0.223 e. The summed E-state index contributed by atoms with van der Waals surface area (Å²) in [4.78, 5) is 13.1. The quantitative estimate of drug-likeness (QED) is 0.663. The molecular formula is C9H17N3O. The number of rotatable bonds is 5. The molecule has 0 aliphatic rings. The Hall–Kier alpha value is -1.08. The van der Waals surface area contributed by atoms with E-state index in [1.165, 1.54) is 0 Å². The summed E-state index contributed by atoms with van der Waals surface area (Å²) in [6.07, 6.45) is 0.511. The van der Waals surface area contributed by atoms with E-state index in [4.69, 9.17) is 5.26 Å². The van der Waals surface area contributed by atoms with Gasteiger partial charge in [-0.25, -0.2) is 0 Å². The van der Waals surface area contributed by atoms with E-state index in [1.807, 2.05) is 18.9 Å². The number of carbonyl (C=O) groups is 1. The SMILES string of the molecule is CNC(=O)C(C)CN(C)CCC#N. The second-order valence-electron chi connectivity index (χ2n) is 3.19. The summed E-state index contributed by atoms with van der Waals surface area (Å²) in [5, 5.41) is 10.9. The van der Waals surface area contributed by atoms with Gasteiger partial charge in [-0.15, -0.1) is 0 Å². The Morgan fingerprint density at radius 3 is 2.77 bits per heavy atom. The van der Waals surface area contributed by atoms with Gasteiger partial charge in [-0.2, -0.15) is 5.26 Å². The molecule has 1 N–H and O–H groups in total. The Morgan fingerprint density at radius 2 is 2.31 bits per heavy atom. The molecule has 0 saturated carbocycles. The molecule has 74 valence electrons. The molecule has 13 heavy (non-hydrogen) atoms. The number of nitriles is 1. The molecular weight excluding hydrogens is 166 g/mol. The molecule has 1 unspecified atom stereocenters. The summed E-state index contributed by atoms with van der Waals surface area (Å²) in [6, 6.07) is 2.07. The van der Waals surface area contributed by atoms with Gasteiger partial charge < -0.3 is 10.2 Å². The smallest absolute Gasteiger partial charge is 0.223 e. The fourth-order valence-electron chi connectivity index (χ4n) is 1.13. The summed E-state index contributed by atoms with van der Waals surface area (Å²) < 4.78 is 0. The Morgan fingerprint density at radius 1 is 1.69 bits per heavy atom. The van der Waals surface area contributed by atoms with Crippen LogP contribution < -0.4 is 5.32 Å². The molecule has 0 rings (SSSR count). The van der Waals surface area contributed by atoms with E-state index in [0.717, 1.165) is 6.54 Å². The molecule has 0 spiro atoms. The van der Waals surface area contributed by atoms with Crippen LogP contribution in [0.5, 0.6) is 0 Å². The fraction of sp³-hybridized carbons (Fsp3) is 0.778. The van der Waals surface area contributed by atoms with E-state index < -0.39 is 0 Å². The van der Waals surface area contributed by atoms with Crippen LogP contribution in [0.3, 0.4) is 0 Å². The first-order valence-corrected chi connectivity index (χ1v) is 4.39. The van der Waals surface area contributed by atoms with Crippen molar-refractivity contribution in [3.63, 3.8) is 0 Å². The predicted octanol–water partition coefficient (Wildman–Crippen LogP) is 0.214. The molecule has 0 aliphatic heterocycles. The molecule has 4 heteroatoms. The molecule has 0 saturated heterocycles. The van der Waals surface area contributed by atoms with Crippen LogP contribution in [0, 0.1) is 17.2 Å². The van der Waals surface area contributed by atoms with Crippen molar-refractivity contribution in [2.75, 3.05) is 27.2 Å². The number of hydrogen-bond acceptors (Lipinski definition) is 3. The van der Waals surface area contributed by atoms with Gasteiger partial charge in [-0.1, -0.05) is 6.92 Å². The van der Waals surface area contributed by atoms with Gasteiger partial charge in [0.1, 0.15) is 0 Å². The van der Waals surface area contributed by atoms with Gasteiger partial charge >= 0.3 is 0 Å². The predicted molar refractivity (Wildman–Crippen MR) is 51.0 cm³/mol. The molecule has 0 aromatic heterocycles. The molecule has 0 aliphatic carbocycles. The van der Waals surface area contributed by atoms with E-state index in [1.54, 1.807) is 7.05 Å². The summed E-state index contributed by atoms with van der Waals surface area (Å²) in [5.41, 5.74) is 0. The van der Waals surface area contributed by atoms with Crippen molar-refractivity contribution in [2.24, 2.45) is 5.92 Å². The average molecular weight is 183 g/mol. The van der Waals surface area contributed by atoms with Crippen LogP contribution in [0.1, 0.15) is 13.3 Å². The van der Waals surface area contributed by atoms with E-state index in [0.29, 0.717) is 13.0 Å². The lowest BCUT2D eigenvalue weighted by Crippen LogP contribution is -2.34. The molecule has 4 nitrogen and oxygen atoms in total. The minimum absolute atomic E-state index is 0.0197. The van der Waals surface area contributed by atoms with Crippen LogP contribution in [-0.4, -0.2) is 38.0 Å². The monoisotopic (exact) mass is 183 g/mol. The van der Waals surface area contributed by atoms with Crippen molar-refractivity contribution < 1.29 is 4.79 Å². The fourth-order valence-corrected chi connectivity index (χ4v) is 1.13. The average Bonchev–Trinajstić information content (AvgIpc) is 2.13. The minimum Gasteiger partial charge on any atom is -0.359 e. The summed E-state index contributed by atoms with van der Waals surface area (Å²) in [7, 11) is 3.55. The molecule has 0 bridgehead atoms. The minimum atomic E-state index is -0.0197. The van der Waals surface area contributed by atoms with Crippen LogP contribution in [0.2, 0.25) is 0 Å². The lowest BCUT2D eigenvalue weighted by molar-refractivity contribution is -0.124. The Balaban J connectivity index is 3.72. The first-order valence-electron chi connectivity index (χ1n) is 4.39. The van der Waals surface area contributed by atoms with Gasteiger partial charge in [0.15, 0.2) is 0 Å². The van der Waals surface area contributed by atoms with Crippen molar-refractivity contribution in [1.82, 2.24) is 10.2 Å². The molecule has 1 amide bonds. The van der Waals surface area contributed by atoms with Crippen molar-refractivity contribution in [3.05, 3.63) is 0 Å². The normalized spacial score (nSPS) is 12.2. The zero-order chi connectivity index (χ0) is 10.3. The zero-order valence-electron chi connectivity index (χ0n) is 8.50. The Bertz CT molecular complexity index is 198. The second kappa shape index (κ2) is 6.44. The van der Waals surface area contributed by atoms with Crippen LogP contribution in [0.4, 0.5) is 0 Å². The molecule has 0 aromatic rings. The van der Waals surface area contributed by atoms with Crippen molar-refractivity contribution in [2.45, 2.75) is 13.3 Å². The number of nitrogens with one attached hydrogen (secondary N) is 1. The zero-order valence-corrected chi connectivity index (χ0v) is 8.50. The van der Waals surface area contributed by atoms with Gasteiger partial charge in [-0.05, 0) is 7.05 Å². The Labute approximate surface area is 79.5 Å². The van der Waals surface area contributed by atoms with Crippen molar-refractivity contribution >= 4 is 5.91 Å². The van der Waals surface area contributed by atoms with Gasteiger partial charge in [0.05, 0.1) is 6.07 Å². The van der Waals surface area contributed by atoms with Crippen LogP contribution in [0.25, 0.3) is 0 Å². The number of nitrogens with zero attached hydrogens (tertiary/aromatic N) is 2. The largest absolute Gasteiger partial charge is 0.359 e. The van der Waals surface area contributed by atoms with Gasteiger partial charge in [-0.3, -0.25) is 4.79 Å². The summed E-state index contributed by atoms with van der Waals surface area (Å²) >= 11 is 0. The Kier molecular flexibility index (Phi) is 5.90. The molecule has 0 aromatic carbocycles. The highest BCUT2D eigenvalue weighted by Crippen LogP contribution is 1.98. The van der Waals surface area contributed by atoms with E-state index in [9.17, 15) is 4.79 Å². The highest BCUT2D eigenvalue weighted by Gasteiger charge is 2.12. The van der Waals surface area contributed by atoms with Gasteiger partial charge in [0.25, 0.3) is 0 Å². The second-order valence-corrected chi connectivity index (χ2v) is 3.19. The third-order valence-electron chi connectivity index (χ3n) is 1.88. The topological polar surface area (TPSA) is 56.1 Å². The van der Waals surface area contributed by atoms with E-state index in [-0.39, 0.29) is 11.8 Å². The molecule has 0 heterocycles. The van der Waals surface area contributed by atoms with Gasteiger partial charge in [0.2, 0.25) is 5.91 Å². The lowest BCUT2D eigenvalue weighted by atomic mass is 10.1. The maximum atomic E-state index is 11.1. The maximum absolute atomic E-state index is 11.1. The molecule has 0 fully saturated rings. The summed E-state index contributed by atoms with van der Waals surface area (Å²) in [6.45, 7) is 3.29. The number of amides is 1. The standard InChI is InChI=1S/C9H17N3O/c1-8(9(13)11-2)7-12(3)6-4-5-10/h8H,4,6-7H2,1-3H3,(H,11,13). The van der Waals surface area contributed by atoms with Crippen LogP contribution in [0.15, 0.2) is 0 Å². The van der Waals surface area contributed by atoms with Crippen LogP contribution >= 0.6 is 0 Å². The van der Waals surface area contributed by atoms with Crippen molar-refractivity contribution in [3.8, 4) is 6.07 Å². The van der Waals surface area contributed by atoms with Gasteiger partial charge in [0, 0.05) is 32.5 Å². The van der Waals surface area contributed by atoms with E-state index >= 15 is 0 Å². The highest BCUT2D eigenvalue weighted by atomic mass is 16.1. The number of hydrogen-bond donors (Lipinski definition) is 1. The van der Waals surface area contributed by atoms with Crippen LogP contribution in [-0.2, 0) is 4.79 Å². The third-order valence-corrected chi connectivity index (χ3v) is 1.88. The lowest BCUT2D eigenvalue weighted by Gasteiger charge is -2.18. The highest BCUT2D eigenvalue weighted by molar-refractivity contribution is 5.78. The third kappa shape index (κ3) is 5.21. The molecule has 0 radical (unpaired) electrons. The molecule has 1 atom stereocenters. The first-order chi connectivity index (χ1) is 6.11. The van der Waals surface area contributed by atoms with Crippen molar-refractivity contribution in [1.29, 1.82) is 5.26 Å². The first kappa shape index (κ1) is 11.9. The van der Waals surface area contributed by atoms with E-state index in [2.05, 4.69) is 11.4 Å².